The summed E-state index contributed by atoms with van der Waals surface area (Å²) in [5, 5.41) is 0. The Morgan fingerprint density at radius 2 is 1.60 bits per heavy atom. The van der Waals surface area contributed by atoms with Gasteiger partial charge in [0.2, 0.25) is 0 Å². The van der Waals surface area contributed by atoms with Crippen LogP contribution < -0.4 is 0 Å². The summed E-state index contributed by atoms with van der Waals surface area (Å²) in [6, 6.07) is 7.82. The van der Waals surface area contributed by atoms with Gasteiger partial charge in [0.05, 0.1) is 5.56 Å². The molecule has 0 spiro atoms. The Balaban J connectivity index is 2.87. The van der Waals surface area contributed by atoms with Crippen molar-refractivity contribution in [2.45, 2.75) is 66.4 Å². The van der Waals surface area contributed by atoms with Crippen molar-refractivity contribution in [1.82, 2.24) is 0 Å². The number of hydrogen-bond acceptors (Lipinski definition) is 2. The molecular formula is C18H28O2. The Kier molecular flexibility index (Phi) is 5.01. The minimum atomic E-state index is -0.451. The maximum absolute atomic E-state index is 12.0. The van der Waals surface area contributed by atoms with E-state index in [-0.39, 0.29) is 11.4 Å². The summed E-state index contributed by atoms with van der Waals surface area (Å²) in [7, 11) is 0. The Hall–Kier alpha value is -1.31. The van der Waals surface area contributed by atoms with Crippen molar-refractivity contribution < 1.29 is 9.53 Å². The zero-order valence-corrected chi connectivity index (χ0v) is 13.9. The van der Waals surface area contributed by atoms with Gasteiger partial charge in [-0.05, 0) is 49.8 Å². The second-order valence-corrected chi connectivity index (χ2v) is 7.19. The van der Waals surface area contributed by atoms with Crippen molar-refractivity contribution in [2.75, 3.05) is 0 Å². The topological polar surface area (TPSA) is 26.3 Å². The molecule has 1 unspecified atom stereocenters. The van der Waals surface area contributed by atoms with Crippen LogP contribution in [0, 0.1) is 5.41 Å². The first kappa shape index (κ1) is 16.7. The molecule has 0 aromatic heterocycles. The van der Waals surface area contributed by atoms with Gasteiger partial charge in [0.25, 0.3) is 0 Å². The first-order chi connectivity index (χ1) is 9.07. The molecule has 0 radical (unpaired) electrons. The molecule has 2 heteroatoms. The van der Waals surface area contributed by atoms with E-state index >= 15 is 0 Å². The van der Waals surface area contributed by atoms with Crippen LogP contribution in [-0.4, -0.2) is 11.6 Å². The van der Waals surface area contributed by atoms with Crippen LogP contribution in [0.2, 0.25) is 0 Å². The molecule has 0 fully saturated rings. The standard InChI is InChI=1S/C18H28O2/c1-8-18(6,7)13(2)14-9-11-15(12-10-14)16(19)20-17(3,4)5/h9-13H,8H2,1-7H3. The largest absolute Gasteiger partial charge is 0.456 e. The van der Waals surface area contributed by atoms with Gasteiger partial charge in [-0.25, -0.2) is 4.79 Å². The van der Waals surface area contributed by atoms with E-state index in [1.54, 1.807) is 0 Å². The second-order valence-electron chi connectivity index (χ2n) is 7.19. The van der Waals surface area contributed by atoms with Gasteiger partial charge in [-0.1, -0.05) is 46.2 Å². The Bertz CT molecular complexity index is 449. The highest BCUT2D eigenvalue weighted by Gasteiger charge is 2.25. The van der Waals surface area contributed by atoms with Gasteiger partial charge in [0.1, 0.15) is 5.60 Å². The molecule has 0 saturated carbocycles. The summed E-state index contributed by atoms with van der Waals surface area (Å²) >= 11 is 0. The molecule has 0 aliphatic heterocycles. The Morgan fingerprint density at radius 3 is 2.00 bits per heavy atom. The van der Waals surface area contributed by atoms with Crippen molar-refractivity contribution in [3.63, 3.8) is 0 Å². The SMILES string of the molecule is CCC(C)(C)C(C)c1ccc(C(=O)OC(C)(C)C)cc1. The monoisotopic (exact) mass is 276 g/mol. The molecule has 1 atom stereocenters. The predicted molar refractivity (Wildman–Crippen MR) is 84.1 cm³/mol. The number of benzene rings is 1. The number of ether oxygens (including phenoxy) is 1. The van der Waals surface area contributed by atoms with Crippen molar-refractivity contribution in [3.8, 4) is 0 Å². The fraction of sp³-hybridized carbons (Fsp3) is 0.611. The smallest absolute Gasteiger partial charge is 0.338 e. The minimum absolute atomic E-state index is 0.257. The maximum atomic E-state index is 12.0. The number of esters is 1. The molecule has 1 rings (SSSR count). The number of carbonyl (C=O) groups is 1. The van der Waals surface area contributed by atoms with Gasteiger partial charge < -0.3 is 4.74 Å². The fourth-order valence-electron chi connectivity index (χ4n) is 2.00. The van der Waals surface area contributed by atoms with Crippen LogP contribution in [0.3, 0.4) is 0 Å². The number of hydrogen-bond donors (Lipinski definition) is 0. The van der Waals surface area contributed by atoms with E-state index in [1.165, 1.54) is 5.56 Å². The van der Waals surface area contributed by atoms with Crippen LogP contribution in [0.5, 0.6) is 0 Å². The normalized spacial score (nSPS) is 13.9. The lowest BCUT2D eigenvalue weighted by atomic mass is 9.74. The zero-order chi connectivity index (χ0) is 15.6. The molecule has 1 aromatic rings. The summed E-state index contributed by atoms with van der Waals surface area (Å²) in [4.78, 5) is 12.0. The molecule has 0 aliphatic carbocycles. The lowest BCUT2D eigenvalue weighted by Crippen LogP contribution is -2.24. The summed E-state index contributed by atoms with van der Waals surface area (Å²) in [5.41, 5.74) is 1.69. The molecule has 0 amide bonds. The van der Waals surface area contributed by atoms with Crippen LogP contribution in [0.15, 0.2) is 24.3 Å². The van der Waals surface area contributed by atoms with E-state index in [2.05, 4.69) is 27.7 Å². The van der Waals surface area contributed by atoms with Gasteiger partial charge in [0.15, 0.2) is 0 Å². The molecular weight excluding hydrogens is 248 g/mol. The van der Waals surface area contributed by atoms with E-state index in [1.807, 2.05) is 45.0 Å². The second kappa shape index (κ2) is 5.99. The first-order valence-corrected chi connectivity index (χ1v) is 7.40. The fourth-order valence-corrected chi connectivity index (χ4v) is 2.00. The predicted octanol–water partition coefficient (Wildman–Crippen LogP) is 5.18. The summed E-state index contributed by atoms with van der Waals surface area (Å²) in [5.74, 6) is 0.201. The van der Waals surface area contributed by atoms with Crippen molar-refractivity contribution >= 4 is 5.97 Å². The van der Waals surface area contributed by atoms with E-state index < -0.39 is 5.60 Å². The van der Waals surface area contributed by atoms with Crippen LogP contribution in [0.1, 0.15) is 76.7 Å². The average molecular weight is 276 g/mol. The highest BCUT2D eigenvalue weighted by molar-refractivity contribution is 5.89. The van der Waals surface area contributed by atoms with E-state index in [4.69, 9.17) is 4.74 Å². The van der Waals surface area contributed by atoms with Crippen LogP contribution >= 0.6 is 0 Å². The summed E-state index contributed by atoms with van der Waals surface area (Å²) in [6.07, 6.45) is 1.13. The lowest BCUT2D eigenvalue weighted by molar-refractivity contribution is 0.00695. The van der Waals surface area contributed by atoms with E-state index in [0.717, 1.165) is 6.42 Å². The third-order valence-corrected chi connectivity index (χ3v) is 4.13. The van der Waals surface area contributed by atoms with Gasteiger partial charge >= 0.3 is 5.97 Å². The Labute approximate surface area is 123 Å². The van der Waals surface area contributed by atoms with Gasteiger partial charge in [0, 0.05) is 0 Å². The maximum Gasteiger partial charge on any atom is 0.338 e. The quantitative estimate of drug-likeness (QED) is 0.708. The van der Waals surface area contributed by atoms with Gasteiger partial charge in [-0.15, -0.1) is 0 Å². The first-order valence-electron chi connectivity index (χ1n) is 7.40. The minimum Gasteiger partial charge on any atom is -0.456 e. The molecule has 0 heterocycles. The Morgan fingerprint density at radius 1 is 1.10 bits per heavy atom. The van der Waals surface area contributed by atoms with Crippen LogP contribution in [0.4, 0.5) is 0 Å². The molecule has 20 heavy (non-hydrogen) atoms. The highest BCUT2D eigenvalue weighted by Crippen LogP contribution is 2.37. The van der Waals surface area contributed by atoms with Crippen molar-refractivity contribution in [2.24, 2.45) is 5.41 Å². The van der Waals surface area contributed by atoms with Crippen molar-refractivity contribution in [3.05, 3.63) is 35.4 Å². The third-order valence-electron chi connectivity index (χ3n) is 4.13. The zero-order valence-electron chi connectivity index (χ0n) is 13.9. The third kappa shape index (κ3) is 4.36. The molecule has 0 saturated heterocycles. The molecule has 0 aliphatic rings. The van der Waals surface area contributed by atoms with Gasteiger partial charge in [-0.2, -0.15) is 0 Å². The lowest BCUT2D eigenvalue weighted by Gasteiger charge is -2.31. The molecule has 112 valence electrons. The van der Waals surface area contributed by atoms with Gasteiger partial charge in [-0.3, -0.25) is 0 Å². The molecule has 2 nitrogen and oxygen atoms in total. The average Bonchev–Trinajstić information content (AvgIpc) is 2.36. The van der Waals surface area contributed by atoms with E-state index in [0.29, 0.717) is 11.5 Å². The van der Waals surface area contributed by atoms with Crippen molar-refractivity contribution in [1.29, 1.82) is 0 Å². The summed E-state index contributed by atoms with van der Waals surface area (Å²) < 4.78 is 5.37. The number of rotatable bonds is 4. The van der Waals surface area contributed by atoms with E-state index in [9.17, 15) is 4.79 Å². The van der Waals surface area contributed by atoms with Crippen LogP contribution in [0.25, 0.3) is 0 Å². The molecule has 1 aromatic carbocycles. The molecule has 0 N–H and O–H groups in total. The highest BCUT2D eigenvalue weighted by atomic mass is 16.6. The molecule has 0 bridgehead atoms. The number of carbonyl (C=O) groups excluding carboxylic acids is 1. The summed E-state index contributed by atoms with van der Waals surface area (Å²) in [6.45, 7) is 14.7. The van der Waals surface area contributed by atoms with Crippen LogP contribution in [-0.2, 0) is 4.74 Å².